The van der Waals surface area contributed by atoms with Crippen molar-refractivity contribution >= 4 is 5.82 Å². The maximum Gasteiger partial charge on any atom is 0.290 e. The fourth-order valence-corrected chi connectivity index (χ4v) is 2.75. The van der Waals surface area contributed by atoms with Gasteiger partial charge >= 0.3 is 0 Å². The standard InChI is InChI=1S/C20H17N5O/c26-20-19(21-11-12-22-20)23-13-16-14-25(17-9-5-2-6-10-17)24-18(16)15-7-3-1-4-8-15/h1-12,14H,13H2,(H,21,23)(H,22,26). The van der Waals surface area contributed by atoms with Gasteiger partial charge in [-0.1, -0.05) is 48.5 Å². The fourth-order valence-electron chi connectivity index (χ4n) is 2.75. The highest BCUT2D eigenvalue weighted by molar-refractivity contribution is 5.63. The number of para-hydroxylation sites is 1. The second-order valence-electron chi connectivity index (χ2n) is 5.77. The van der Waals surface area contributed by atoms with E-state index in [9.17, 15) is 4.79 Å². The Kier molecular flexibility index (Phi) is 4.30. The number of anilines is 1. The van der Waals surface area contributed by atoms with Crippen molar-refractivity contribution in [3.8, 4) is 16.9 Å². The molecule has 0 atom stereocenters. The lowest BCUT2D eigenvalue weighted by Crippen LogP contribution is -2.15. The number of benzene rings is 2. The lowest BCUT2D eigenvalue weighted by molar-refractivity contribution is 0.883. The first-order valence-electron chi connectivity index (χ1n) is 8.28. The number of rotatable bonds is 5. The van der Waals surface area contributed by atoms with Crippen LogP contribution in [0.25, 0.3) is 16.9 Å². The number of hydrogen-bond donors (Lipinski definition) is 2. The van der Waals surface area contributed by atoms with Crippen LogP contribution in [0, 0.1) is 0 Å². The molecule has 0 bridgehead atoms. The number of H-pyrrole nitrogens is 1. The molecule has 4 aromatic rings. The number of aromatic nitrogens is 4. The van der Waals surface area contributed by atoms with Crippen molar-refractivity contribution < 1.29 is 0 Å². The largest absolute Gasteiger partial charge is 0.361 e. The normalized spacial score (nSPS) is 10.6. The van der Waals surface area contributed by atoms with Crippen LogP contribution >= 0.6 is 0 Å². The maximum absolute atomic E-state index is 11.8. The molecule has 0 aliphatic carbocycles. The van der Waals surface area contributed by atoms with Crippen LogP contribution in [0.15, 0.2) is 84.0 Å². The van der Waals surface area contributed by atoms with Crippen LogP contribution in [0.1, 0.15) is 5.56 Å². The zero-order valence-electron chi connectivity index (χ0n) is 14.0. The molecule has 2 heterocycles. The van der Waals surface area contributed by atoms with Gasteiger partial charge in [-0.3, -0.25) is 4.79 Å². The zero-order valence-corrected chi connectivity index (χ0v) is 14.0. The van der Waals surface area contributed by atoms with Crippen molar-refractivity contribution in [2.45, 2.75) is 6.54 Å². The molecule has 6 heteroatoms. The number of hydrogen-bond acceptors (Lipinski definition) is 4. The van der Waals surface area contributed by atoms with E-state index in [1.54, 1.807) is 6.20 Å². The third-order valence-electron chi connectivity index (χ3n) is 4.01. The number of nitrogens with one attached hydrogen (secondary N) is 2. The summed E-state index contributed by atoms with van der Waals surface area (Å²) in [6, 6.07) is 19.9. The molecule has 2 aromatic carbocycles. The van der Waals surface area contributed by atoms with Gasteiger partial charge in [-0.15, -0.1) is 0 Å². The summed E-state index contributed by atoms with van der Waals surface area (Å²) < 4.78 is 1.85. The molecule has 0 saturated heterocycles. The average molecular weight is 343 g/mol. The van der Waals surface area contributed by atoms with E-state index >= 15 is 0 Å². The summed E-state index contributed by atoms with van der Waals surface area (Å²) in [4.78, 5) is 18.5. The molecule has 0 aliphatic rings. The Morgan fingerprint density at radius 1 is 1.00 bits per heavy atom. The summed E-state index contributed by atoms with van der Waals surface area (Å²) in [6.07, 6.45) is 5.04. The molecule has 2 N–H and O–H groups in total. The molecule has 0 spiro atoms. The van der Waals surface area contributed by atoms with Crippen LogP contribution in [-0.2, 0) is 6.54 Å². The fraction of sp³-hybridized carbons (Fsp3) is 0.0500. The minimum Gasteiger partial charge on any atom is -0.361 e. The molecular weight excluding hydrogens is 326 g/mol. The van der Waals surface area contributed by atoms with Gasteiger partial charge in [-0.25, -0.2) is 9.67 Å². The van der Waals surface area contributed by atoms with E-state index in [-0.39, 0.29) is 5.56 Å². The van der Waals surface area contributed by atoms with Gasteiger partial charge in [0.05, 0.1) is 11.4 Å². The van der Waals surface area contributed by atoms with Crippen molar-refractivity contribution in [1.82, 2.24) is 19.7 Å². The van der Waals surface area contributed by atoms with E-state index in [0.29, 0.717) is 12.4 Å². The van der Waals surface area contributed by atoms with Crippen LogP contribution in [0.4, 0.5) is 5.82 Å². The Morgan fingerprint density at radius 2 is 1.73 bits per heavy atom. The molecule has 2 aromatic heterocycles. The highest BCUT2D eigenvalue weighted by atomic mass is 16.1. The second-order valence-corrected chi connectivity index (χ2v) is 5.77. The maximum atomic E-state index is 11.8. The van der Waals surface area contributed by atoms with Crippen molar-refractivity contribution in [3.63, 3.8) is 0 Å². The van der Waals surface area contributed by atoms with Gasteiger partial charge < -0.3 is 10.3 Å². The molecular formula is C20H17N5O. The predicted molar refractivity (Wildman–Crippen MR) is 101 cm³/mol. The van der Waals surface area contributed by atoms with Crippen LogP contribution in [-0.4, -0.2) is 19.7 Å². The Balaban J connectivity index is 1.71. The monoisotopic (exact) mass is 343 g/mol. The predicted octanol–water partition coefficient (Wildman–Crippen LogP) is 3.23. The van der Waals surface area contributed by atoms with E-state index in [2.05, 4.69) is 15.3 Å². The van der Waals surface area contributed by atoms with Gasteiger partial charge in [0.1, 0.15) is 0 Å². The number of aromatic amines is 1. The topological polar surface area (TPSA) is 75.6 Å². The molecule has 6 nitrogen and oxygen atoms in total. The highest BCUT2D eigenvalue weighted by Gasteiger charge is 2.12. The lowest BCUT2D eigenvalue weighted by Gasteiger charge is -2.04. The second kappa shape index (κ2) is 7.06. The molecule has 0 radical (unpaired) electrons. The van der Waals surface area contributed by atoms with E-state index in [1.165, 1.54) is 6.20 Å². The Hall–Kier alpha value is -3.67. The lowest BCUT2D eigenvalue weighted by atomic mass is 10.1. The van der Waals surface area contributed by atoms with Gasteiger partial charge in [0.15, 0.2) is 5.82 Å². The molecule has 4 rings (SSSR count). The summed E-state index contributed by atoms with van der Waals surface area (Å²) in [7, 11) is 0. The van der Waals surface area contributed by atoms with Crippen LogP contribution < -0.4 is 10.9 Å². The summed E-state index contributed by atoms with van der Waals surface area (Å²) in [5.41, 5.74) is 3.60. The Bertz CT molecular complexity index is 1050. The molecule has 0 unspecified atom stereocenters. The first kappa shape index (κ1) is 15.8. The quantitative estimate of drug-likeness (QED) is 0.583. The van der Waals surface area contributed by atoms with Crippen molar-refractivity contribution in [3.05, 3.63) is 95.2 Å². The minimum atomic E-state index is -0.246. The van der Waals surface area contributed by atoms with Crippen LogP contribution in [0.5, 0.6) is 0 Å². The first-order chi connectivity index (χ1) is 12.8. The molecule has 0 saturated carbocycles. The van der Waals surface area contributed by atoms with E-state index in [4.69, 9.17) is 5.10 Å². The van der Waals surface area contributed by atoms with Crippen molar-refractivity contribution in [1.29, 1.82) is 0 Å². The van der Waals surface area contributed by atoms with Gasteiger partial charge in [-0.05, 0) is 12.1 Å². The average Bonchev–Trinajstić information content (AvgIpc) is 3.13. The summed E-state index contributed by atoms with van der Waals surface area (Å²) in [5.74, 6) is 0.291. The molecule has 0 amide bonds. The van der Waals surface area contributed by atoms with Crippen LogP contribution in [0.2, 0.25) is 0 Å². The Labute approximate surface area is 150 Å². The van der Waals surface area contributed by atoms with Gasteiger partial charge in [-0.2, -0.15) is 5.10 Å². The van der Waals surface area contributed by atoms with Gasteiger partial charge in [0.2, 0.25) is 0 Å². The van der Waals surface area contributed by atoms with Gasteiger partial charge in [0.25, 0.3) is 5.56 Å². The summed E-state index contributed by atoms with van der Waals surface area (Å²) in [5, 5.41) is 7.85. The summed E-state index contributed by atoms with van der Waals surface area (Å²) in [6.45, 7) is 0.442. The SMILES string of the molecule is O=c1[nH]ccnc1NCc1cn(-c2ccccc2)nc1-c1ccccc1. The Morgan fingerprint density at radius 3 is 2.46 bits per heavy atom. The smallest absolute Gasteiger partial charge is 0.290 e. The molecule has 0 fully saturated rings. The number of nitrogens with zero attached hydrogens (tertiary/aromatic N) is 3. The van der Waals surface area contributed by atoms with E-state index in [1.807, 2.05) is 71.5 Å². The zero-order chi connectivity index (χ0) is 17.8. The van der Waals surface area contributed by atoms with Crippen molar-refractivity contribution in [2.75, 3.05) is 5.32 Å². The highest BCUT2D eigenvalue weighted by Crippen LogP contribution is 2.24. The van der Waals surface area contributed by atoms with E-state index < -0.39 is 0 Å². The third-order valence-corrected chi connectivity index (χ3v) is 4.01. The molecule has 128 valence electrons. The van der Waals surface area contributed by atoms with Crippen LogP contribution in [0.3, 0.4) is 0 Å². The van der Waals surface area contributed by atoms with E-state index in [0.717, 1.165) is 22.5 Å². The minimum absolute atomic E-state index is 0.246. The van der Waals surface area contributed by atoms with Crippen molar-refractivity contribution in [2.24, 2.45) is 0 Å². The first-order valence-corrected chi connectivity index (χ1v) is 8.28. The molecule has 0 aliphatic heterocycles. The van der Waals surface area contributed by atoms with Gasteiger partial charge in [0, 0.05) is 36.3 Å². The summed E-state index contributed by atoms with van der Waals surface area (Å²) >= 11 is 0. The third kappa shape index (κ3) is 3.25. The molecule has 26 heavy (non-hydrogen) atoms.